The lowest BCUT2D eigenvalue weighted by Crippen LogP contribution is -2.19. The van der Waals surface area contributed by atoms with E-state index in [4.69, 9.17) is 4.42 Å². The second kappa shape index (κ2) is 7.55. The largest absolute Gasteiger partial charge is 0.444 e. The van der Waals surface area contributed by atoms with Gasteiger partial charge in [0.25, 0.3) is 0 Å². The van der Waals surface area contributed by atoms with Gasteiger partial charge in [0.1, 0.15) is 6.67 Å². The maximum atomic E-state index is 12.4. The molecule has 0 saturated carbocycles. The number of hydrogen-bond acceptors (Lipinski definition) is 4. The molecule has 0 amide bonds. The van der Waals surface area contributed by atoms with Crippen LogP contribution < -0.4 is 4.90 Å². The van der Waals surface area contributed by atoms with Gasteiger partial charge in [-0.3, -0.25) is 4.99 Å². The lowest BCUT2D eigenvalue weighted by atomic mass is 10.1. The summed E-state index contributed by atoms with van der Waals surface area (Å²) in [6, 6.07) is 15.6. The summed E-state index contributed by atoms with van der Waals surface area (Å²) in [5.41, 5.74) is 3.80. The van der Waals surface area contributed by atoms with Crippen LogP contribution >= 0.6 is 0 Å². The van der Waals surface area contributed by atoms with Crippen LogP contribution in [0.4, 0.5) is 15.8 Å². The SMILES string of the molecule is CN(CCF)c1ccc(C=Nc2ccc(-c3cnco3)cc2)cc1. The van der Waals surface area contributed by atoms with Crippen LogP contribution in [0.15, 0.2) is 70.5 Å². The van der Waals surface area contributed by atoms with Crippen LogP contribution in [0.25, 0.3) is 11.3 Å². The molecular formula is C19H18FN3O. The van der Waals surface area contributed by atoms with Gasteiger partial charge in [-0.15, -0.1) is 0 Å². The maximum absolute atomic E-state index is 12.4. The lowest BCUT2D eigenvalue weighted by Gasteiger charge is -2.17. The Labute approximate surface area is 140 Å². The molecule has 3 rings (SSSR count). The fraction of sp³-hybridized carbons (Fsp3) is 0.158. The van der Waals surface area contributed by atoms with Crippen molar-refractivity contribution in [3.05, 3.63) is 66.7 Å². The number of oxazole rings is 1. The number of benzene rings is 2. The van der Waals surface area contributed by atoms with Gasteiger partial charge >= 0.3 is 0 Å². The van der Waals surface area contributed by atoms with Crippen LogP contribution in [0, 0.1) is 0 Å². The average Bonchev–Trinajstić information content (AvgIpc) is 3.16. The molecule has 0 unspecified atom stereocenters. The zero-order chi connectivity index (χ0) is 16.8. The van der Waals surface area contributed by atoms with E-state index in [9.17, 15) is 4.39 Å². The van der Waals surface area contributed by atoms with Gasteiger partial charge < -0.3 is 9.32 Å². The molecule has 0 aliphatic heterocycles. The van der Waals surface area contributed by atoms with Crippen molar-refractivity contribution in [2.24, 2.45) is 4.99 Å². The van der Waals surface area contributed by atoms with Crippen molar-refractivity contribution in [3.8, 4) is 11.3 Å². The third kappa shape index (κ3) is 3.87. The maximum Gasteiger partial charge on any atom is 0.181 e. The summed E-state index contributed by atoms with van der Waals surface area (Å²) in [6.07, 6.45) is 4.90. The average molecular weight is 323 g/mol. The highest BCUT2D eigenvalue weighted by molar-refractivity contribution is 5.82. The first-order valence-corrected chi connectivity index (χ1v) is 7.66. The number of rotatable bonds is 6. The summed E-state index contributed by atoms with van der Waals surface area (Å²) in [7, 11) is 1.87. The number of halogens is 1. The predicted octanol–water partition coefficient (Wildman–Crippen LogP) is 4.50. The Morgan fingerprint density at radius 2 is 1.88 bits per heavy atom. The Morgan fingerprint density at radius 3 is 2.50 bits per heavy atom. The number of aromatic nitrogens is 1. The van der Waals surface area contributed by atoms with E-state index in [2.05, 4.69) is 9.98 Å². The molecule has 5 heteroatoms. The van der Waals surface area contributed by atoms with Gasteiger partial charge in [-0.1, -0.05) is 12.1 Å². The number of aliphatic imine (C=N–C) groups is 1. The van der Waals surface area contributed by atoms with E-state index in [1.54, 1.807) is 6.20 Å². The smallest absolute Gasteiger partial charge is 0.181 e. The molecule has 2 aromatic carbocycles. The van der Waals surface area contributed by atoms with Crippen molar-refractivity contribution in [3.63, 3.8) is 0 Å². The summed E-state index contributed by atoms with van der Waals surface area (Å²) < 4.78 is 17.6. The van der Waals surface area contributed by atoms with Gasteiger partial charge in [0.15, 0.2) is 12.2 Å². The van der Waals surface area contributed by atoms with Gasteiger partial charge in [-0.2, -0.15) is 0 Å². The van der Waals surface area contributed by atoms with E-state index in [0.717, 1.165) is 28.3 Å². The molecule has 0 atom stereocenters. The number of anilines is 1. The third-order valence-electron chi connectivity index (χ3n) is 3.70. The molecule has 4 nitrogen and oxygen atoms in total. The van der Waals surface area contributed by atoms with E-state index < -0.39 is 0 Å². The van der Waals surface area contributed by atoms with Crippen molar-refractivity contribution in [2.75, 3.05) is 25.2 Å². The zero-order valence-electron chi connectivity index (χ0n) is 13.4. The minimum atomic E-state index is -0.357. The summed E-state index contributed by atoms with van der Waals surface area (Å²) in [5.74, 6) is 0.735. The standard InChI is InChI=1S/C19H18FN3O/c1-23(11-10-20)18-8-2-15(3-9-18)12-22-17-6-4-16(5-7-17)19-13-21-14-24-19/h2-9,12-14H,10-11H2,1H3. The van der Waals surface area contributed by atoms with Gasteiger partial charge in [0, 0.05) is 31.1 Å². The second-order valence-electron chi connectivity index (χ2n) is 5.37. The van der Waals surface area contributed by atoms with Crippen LogP contribution in [0.1, 0.15) is 5.56 Å². The highest BCUT2D eigenvalue weighted by atomic mass is 19.1. The molecule has 122 valence electrons. The van der Waals surface area contributed by atoms with Gasteiger partial charge in [0.05, 0.1) is 11.9 Å². The summed E-state index contributed by atoms with van der Waals surface area (Å²) >= 11 is 0. The molecule has 0 aliphatic carbocycles. The Morgan fingerprint density at radius 1 is 1.12 bits per heavy atom. The summed E-state index contributed by atoms with van der Waals surface area (Å²) in [4.78, 5) is 10.3. The van der Waals surface area contributed by atoms with Crippen LogP contribution in [0.3, 0.4) is 0 Å². The zero-order valence-corrected chi connectivity index (χ0v) is 13.4. The predicted molar refractivity (Wildman–Crippen MR) is 94.9 cm³/mol. The number of alkyl halides is 1. The molecule has 0 radical (unpaired) electrons. The monoisotopic (exact) mass is 323 g/mol. The van der Waals surface area contributed by atoms with Crippen LogP contribution in [0.2, 0.25) is 0 Å². The lowest BCUT2D eigenvalue weighted by molar-refractivity contribution is 0.497. The molecule has 0 spiro atoms. The van der Waals surface area contributed by atoms with Crippen LogP contribution in [-0.4, -0.2) is 31.5 Å². The second-order valence-corrected chi connectivity index (χ2v) is 5.37. The van der Waals surface area contributed by atoms with Crippen LogP contribution in [0.5, 0.6) is 0 Å². The fourth-order valence-corrected chi connectivity index (χ4v) is 2.29. The molecule has 0 aliphatic rings. The van der Waals surface area contributed by atoms with Gasteiger partial charge in [-0.25, -0.2) is 9.37 Å². The van der Waals surface area contributed by atoms with Crippen LogP contribution in [-0.2, 0) is 0 Å². The van der Waals surface area contributed by atoms with Gasteiger partial charge in [0.2, 0.25) is 0 Å². The highest BCUT2D eigenvalue weighted by Crippen LogP contribution is 2.22. The van der Waals surface area contributed by atoms with Crippen molar-refractivity contribution in [2.45, 2.75) is 0 Å². The molecular weight excluding hydrogens is 305 g/mol. The fourth-order valence-electron chi connectivity index (χ4n) is 2.29. The van der Waals surface area contributed by atoms with Crippen molar-refractivity contribution in [1.82, 2.24) is 4.98 Å². The molecule has 24 heavy (non-hydrogen) atoms. The quantitative estimate of drug-likeness (QED) is 0.627. The Hall–Kier alpha value is -2.95. The Bertz CT molecular complexity index is 780. The highest BCUT2D eigenvalue weighted by Gasteiger charge is 2.01. The normalized spacial score (nSPS) is 11.1. The minimum absolute atomic E-state index is 0.357. The van der Waals surface area contributed by atoms with E-state index in [0.29, 0.717) is 6.54 Å². The minimum Gasteiger partial charge on any atom is -0.444 e. The first-order valence-electron chi connectivity index (χ1n) is 7.66. The molecule has 0 saturated heterocycles. The first-order chi connectivity index (χ1) is 11.8. The van der Waals surface area contributed by atoms with Crippen molar-refractivity contribution in [1.29, 1.82) is 0 Å². The Kier molecular flexibility index (Phi) is 5.01. The van der Waals surface area contributed by atoms with E-state index in [1.165, 1.54) is 6.39 Å². The molecule has 3 aromatic rings. The Balaban J connectivity index is 1.67. The number of hydrogen-bond donors (Lipinski definition) is 0. The third-order valence-corrected chi connectivity index (χ3v) is 3.70. The molecule has 1 heterocycles. The van der Waals surface area contributed by atoms with Crippen molar-refractivity contribution < 1.29 is 8.81 Å². The topological polar surface area (TPSA) is 41.6 Å². The molecule has 0 N–H and O–H groups in total. The molecule has 0 bridgehead atoms. The van der Waals surface area contributed by atoms with Crippen molar-refractivity contribution >= 4 is 17.6 Å². The van der Waals surface area contributed by atoms with Gasteiger partial charge in [-0.05, 0) is 42.0 Å². The van der Waals surface area contributed by atoms with E-state index in [1.807, 2.05) is 66.7 Å². The molecule has 1 aromatic heterocycles. The molecule has 0 fully saturated rings. The summed E-state index contributed by atoms with van der Waals surface area (Å²) in [6.45, 7) is 0.0365. The first kappa shape index (κ1) is 15.9. The summed E-state index contributed by atoms with van der Waals surface area (Å²) in [5, 5.41) is 0. The van der Waals surface area contributed by atoms with E-state index >= 15 is 0 Å². The number of nitrogens with zero attached hydrogens (tertiary/aromatic N) is 3. The van der Waals surface area contributed by atoms with E-state index in [-0.39, 0.29) is 6.67 Å².